The highest BCUT2D eigenvalue weighted by atomic mass is 79.9. The molecule has 1 aromatic rings. The SMILES string of the molecule is CN1CCOC(COC(=O)c2cc(N)cc(Br)c2)C1. The van der Waals surface area contributed by atoms with Crippen molar-refractivity contribution in [2.24, 2.45) is 0 Å². The van der Waals surface area contributed by atoms with E-state index in [2.05, 4.69) is 20.8 Å². The highest BCUT2D eigenvalue weighted by Gasteiger charge is 2.20. The van der Waals surface area contributed by atoms with Crippen LogP contribution in [0.4, 0.5) is 5.69 Å². The first-order valence-corrected chi connectivity index (χ1v) is 6.87. The zero-order valence-corrected chi connectivity index (χ0v) is 12.4. The standard InChI is InChI=1S/C13H17BrN2O3/c1-16-2-3-18-12(7-16)8-19-13(17)9-4-10(14)6-11(15)5-9/h4-6,12H,2-3,7-8,15H2,1H3. The highest BCUT2D eigenvalue weighted by molar-refractivity contribution is 9.10. The number of benzene rings is 1. The van der Waals surface area contributed by atoms with Gasteiger partial charge in [-0.25, -0.2) is 4.79 Å². The van der Waals surface area contributed by atoms with Gasteiger partial charge in [0.05, 0.1) is 12.2 Å². The van der Waals surface area contributed by atoms with Gasteiger partial charge < -0.3 is 20.1 Å². The molecule has 0 aliphatic carbocycles. The second-order valence-corrected chi connectivity index (χ2v) is 5.54. The van der Waals surface area contributed by atoms with Gasteiger partial charge in [-0.1, -0.05) is 15.9 Å². The van der Waals surface area contributed by atoms with Gasteiger partial charge in [-0.05, 0) is 25.2 Å². The number of ether oxygens (including phenoxy) is 2. The Bertz CT molecular complexity index is 447. The van der Waals surface area contributed by atoms with Crippen molar-refractivity contribution in [2.75, 3.05) is 39.1 Å². The summed E-state index contributed by atoms with van der Waals surface area (Å²) in [4.78, 5) is 14.1. The maximum absolute atomic E-state index is 11.9. The quantitative estimate of drug-likeness (QED) is 0.673. The van der Waals surface area contributed by atoms with Crippen LogP contribution in [-0.4, -0.2) is 50.3 Å². The van der Waals surface area contributed by atoms with Crippen molar-refractivity contribution >= 4 is 27.6 Å². The number of nitrogens with two attached hydrogens (primary N) is 1. The second kappa shape index (κ2) is 6.36. The summed E-state index contributed by atoms with van der Waals surface area (Å²) in [5.41, 5.74) is 6.65. The Labute approximate surface area is 120 Å². The number of nitrogens with zero attached hydrogens (tertiary/aromatic N) is 1. The fourth-order valence-corrected chi connectivity index (χ4v) is 2.46. The summed E-state index contributed by atoms with van der Waals surface area (Å²) in [5.74, 6) is -0.384. The number of rotatable bonds is 3. The molecule has 0 radical (unpaired) electrons. The number of carbonyl (C=O) groups is 1. The van der Waals surface area contributed by atoms with Crippen LogP contribution in [0, 0.1) is 0 Å². The van der Waals surface area contributed by atoms with E-state index in [0.29, 0.717) is 17.9 Å². The average molecular weight is 329 g/mol. The molecule has 1 aliphatic heterocycles. The van der Waals surface area contributed by atoms with Crippen LogP contribution in [0.5, 0.6) is 0 Å². The van der Waals surface area contributed by atoms with Gasteiger partial charge in [0, 0.05) is 23.2 Å². The Morgan fingerprint density at radius 1 is 1.58 bits per heavy atom. The Kier molecular flexibility index (Phi) is 4.79. The van der Waals surface area contributed by atoms with E-state index in [9.17, 15) is 4.79 Å². The van der Waals surface area contributed by atoms with E-state index in [-0.39, 0.29) is 18.7 Å². The smallest absolute Gasteiger partial charge is 0.338 e. The molecular weight excluding hydrogens is 312 g/mol. The molecule has 5 nitrogen and oxygen atoms in total. The van der Waals surface area contributed by atoms with E-state index >= 15 is 0 Å². The van der Waals surface area contributed by atoms with Crippen LogP contribution >= 0.6 is 15.9 Å². The van der Waals surface area contributed by atoms with Crippen LogP contribution in [0.3, 0.4) is 0 Å². The summed E-state index contributed by atoms with van der Waals surface area (Å²) in [6, 6.07) is 5.02. The number of anilines is 1. The van der Waals surface area contributed by atoms with Crippen molar-refractivity contribution in [1.29, 1.82) is 0 Å². The first-order chi connectivity index (χ1) is 9.04. The lowest BCUT2D eigenvalue weighted by Crippen LogP contribution is -2.42. The second-order valence-electron chi connectivity index (χ2n) is 4.63. The molecule has 2 rings (SSSR count). The highest BCUT2D eigenvalue weighted by Crippen LogP contribution is 2.18. The predicted octanol–water partition coefficient (Wildman–Crippen LogP) is 1.52. The molecule has 6 heteroatoms. The summed E-state index contributed by atoms with van der Waals surface area (Å²) >= 11 is 3.30. The van der Waals surface area contributed by atoms with Crippen LogP contribution in [-0.2, 0) is 9.47 Å². The third kappa shape index (κ3) is 4.19. The van der Waals surface area contributed by atoms with Crippen molar-refractivity contribution in [3.05, 3.63) is 28.2 Å². The molecule has 104 valence electrons. The number of esters is 1. The van der Waals surface area contributed by atoms with Crippen LogP contribution in [0.2, 0.25) is 0 Å². The fourth-order valence-electron chi connectivity index (χ4n) is 1.95. The van der Waals surface area contributed by atoms with Crippen molar-refractivity contribution in [3.8, 4) is 0 Å². The van der Waals surface area contributed by atoms with E-state index < -0.39 is 0 Å². The molecule has 0 amide bonds. The van der Waals surface area contributed by atoms with E-state index in [1.54, 1.807) is 18.2 Å². The number of nitrogen functional groups attached to an aromatic ring is 1. The molecule has 0 bridgehead atoms. The third-order valence-corrected chi connectivity index (χ3v) is 3.36. The molecule has 1 saturated heterocycles. The number of likely N-dealkylation sites (N-methyl/N-ethyl adjacent to an activating group) is 1. The van der Waals surface area contributed by atoms with Crippen molar-refractivity contribution in [3.63, 3.8) is 0 Å². The maximum Gasteiger partial charge on any atom is 0.338 e. The molecule has 2 N–H and O–H groups in total. The van der Waals surface area contributed by atoms with Gasteiger partial charge in [0.1, 0.15) is 12.7 Å². The number of carbonyl (C=O) groups excluding carboxylic acids is 1. The van der Waals surface area contributed by atoms with Gasteiger partial charge in [-0.2, -0.15) is 0 Å². The van der Waals surface area contributed by atoms with Crippen molar-refractivity contribution < 1.29 is 14.3 Å². The molecule has 0 spiro atoms. The van der Waals surface area contributed by atoms with Crippen LogP contribution in [0.1, 0.15) is 10.4 Å². The van der Waals surface area contributed by atoms with Gasteiger partial charge in [0.2, 0.25) is 0 Å². The van der Waals surface area contributed by atoms with Gasteiger partial charge >= 0.3 is 5.97 Å². The van der Waals surface area contributed by atoms with Gasteiger partial charge in [0.25, 0.3) is 0 Å². The molecule has 0 saturated carbocycles. The number of hydrogen-bond acceptors (Lipinski definition) is 5. The minimum atomic E-state index is -0.384. The molecule has 0 aromatic heterocycles. The first-order valence-electron chi connectivity index (χ1n) is 6.08. The molecule has 1 fully saturated rings. The largest absolute Gasteiger partial charge is 0.459 e. The molecule has 1 atom stereocenters. The van der Waals surface area contributed by atoms with E-state index in [4.69, 9.17) is 15.2 Å². The fraction of sp³-hybridized carbons (Fsp3) is 0.462. The van der Waals surface area contributed by atoms with Gasteiger partial charge in [-0.15, -0.1) is 0 Å². The molecule has 19 heavy (non-hydrogen) atoms. The lowest BCUT2D eigenvalue weighted by Gasteiger charge is -2.29. The molecular formula is C13H17BrN2O3. The minimum Gasteiger partial charge on any atom is -0.459 e. The molecule has 1 aliphatic rings. The summed E-state index contributed by atoms with van der Waals surface area (Å²) < 4.78 is 11.5. The lowest BCUT2D eigenvalue weighted by molar-refractivity contribution is -0.0528. The summed E-state index contributed by atoms with van der Waals surface area (Å²) in [6.45, 7) is 2.61. The summed E-state index contributed by atoms with van der Waals surface area (Å²) in [6.07, 6.45) is -0.0628. The monoisotopic (exact) mass is 328 g/mol. The van der Waals surface area contributed by atoms with Crippen molar-refractivity contribution in [1.82, 2.24) is 4.90 Å². The number of morpholine rings is 1. The summed E-state index contributed by atoms with van der Waals surface area (Å²) in [5, 5.41) is 0. The van der Waals surface area contributed by atoms with Crippen molar-refractivity contribution in [2.45, 2.75) is 6.10 Å². The van der Waals surface area contributed by atoms with Gasteiger partial charge in [0.15, 0.2) is 0 Å². The van der Waals surface area contributed by atoms with E-state index in [1.807, 2.05) is 7.05 Å². The van der Waals surface area contributed by atoms with E-state index in [0.717, 1.165) is 17.6 Å². The lowest BCUT2D eigenvalue weighted by atomic mass is 10.2. The normalized spacial score (nSPS) is 20.2. The Hall–Kier alpha value is -1.11. The Morgan fingerprint density at radius 2 is 2.37 bits per heavy atom. The van der Waals surface area contributed by atoms with Crippen LogP contribution in [0.25, 0.3) is 0 Å². The van der Waals surface area contributed by atoms with Gasteiger partial charge in [-0.3, -0.25) is 0 Å². The molecule has 1 heterocycles. The molecule has 1 unspecified atom stereocenters. The zero-order chi connectivity index (χ0) is 13.8. The van der Waals surface area contributed by atoms with E-state index in [1.165, 1.54) is 0 Å². The topological polar surface area (TPSA) is 64.8 Å². The number of hydrogen-bond donors (Lipinski definition) is 1. The Morgan fingerprint density at radius 3 is 3.05 bits per heavy atom. The first kappa shape index (κ1) is 14.3. The Balaban J connectivity index is 1.90. The minimum absolute atomic E-state index is 0.0628. The zero-order valence-electron chi connectivity index (χ0n) is 10.8. The van der Waals surface area contributed by atoms with Crippen LogP contribution < -0.4 is 5.73 Å². The number of halogens is 1. The van der Waals surface area contributed by atoms with Crippen LogP contribution in [0.15, 0.2) is 22.7 Å². The summed E-state index contributed by atoms with van der Waals surface area (Å²) in [7, 11) is 2.02. The maximum atomic E-state index is 11.9. The third-order valence-electron chi connectivity index (χ3n) is 2.90. The average Bonchev–Trinajstić information content (AvgIpc) is 2.35. The molecule has 1 aromatic carbocycles. The predicted molar refractivity (Wildman–Crippen MR) is 76.1 cm³/mol.